The number of hydrogen-bond acceptors (Lipinski definition) is 11. The van der Waals surface area contributed by atoms with Gasteiger partial charge in [0.2, 0.25) is 0 Å². The van der Waals surface area contributed by atoms with Crippen LogP contribution in [-0.2, 0) is 34.1 Å². The Balaban J connectivity index is 1.45. The number of phenolic OH excluding ortho intramolecular Hbond substituents is 1. The third-order valence-electron chi connectivity index (χ3n) is 8.54. The number of benzene rings is 1. The third-order valence-corrected chi connectivity index (χ3v) is 8.54. The molecule has 216 valence electrons. The number of carbonyl (C=O) groups is 2. The van der Waals surface area contributed by atoms with Gasteiger partial charge >= 0.3 is 11.9 Å². The van der Waals surface area contributed by atoms with Gasteiger partial charge in [0.1, 0.15) is 24.1 Å². The first-order chi connectivity index (χ1) is 19.0. The standard InChI is InChI=1S/C29H34O11/c1-13-19-9-4-16(23(19)24-20(10-21(13)33)14(2)27(36)39-24)12-37-28-26(35)29(40-15(3)31,25(34)22(11-30)38-28)17-5-7-18(32)8-6-17/h4-8,20-26,28,30,32-35H,2,9-12H2,1,3H3. The highest BCUT2D eigenvalue weighted by atomic mass is 16.7. The molecule has 0 radical (unpaired) electrons. The predicted octanol–water partition coefficient (Wildman–Crippen LogP) is 0.731. The molecule has 0 spiro atoms. The van der Waals surface area contributed by atoms with E-state index in [1.165, 1.54) is 24.3 Å². The SMILES string of the molecule is C=C1C(=O)OC2C1CC(O)C(C)=C1CC=C(COC3OC(CO)C(O)C(OC(C)=O)(c4ccc(O)cc4)C3O)C12. The average Bonchev–Trinajstić information content (AvgIpc) is 3.43. The van der Waals surface area contributed by atoms with Crippen LogP contribution in [0, 0.1) is 11.8 Å². The molecule has 1 aromatic carbocycles. The molecule has 0 bridgehead atoms. The van der Waals surface area contributed by atoms with Gasteiger partial charge in [-0.3, -0.25) is 4.79 Å². The molecule has 9 unspecified atom stereocenters. The Labute approximate surface area is 230 Å². The van der Waals surface area contributed by atoms with Gasteiger partial charge in [-0.15, -0.1) is 0 Å². The topological polar surface area (TPSA) is 172 Å². The molecule has 2 fully saturated rings. The zero-order chi connectivity index (χ0) is 28.9. The van der Waals surface area contributed by atoms with Gasteiger partial charge in [0.25, 0.3) is 0 Å². The summed E-state index contributed by atoms with van der Waals surface area (Å²) in [7, 11) is 0. The molecule has 1 aromatic rings. The number of phenols is 1. The lowest BCUT2D eigenvalue weighted by Gasteiger charge is -2.49. The Morgan fingerprint density at radius 2 is 1.88 bits per heavy atom. The largest absolute Gasteiger partial charge is 0.508 e. The van der Waals surface area contributed by atoms with Gasteiger partial charge in [0.15, 0.2) is 18.0 Å². The van der Waals surface area contributed by atoms with E-state index in [0.717, 1.165) is 23.6 Å². The Hall–Kier alpha value is -3.06. The van der Waals surface area contributed by atoms with E-state index in [0.29, 0.717) is 18.4 Å². The maximum atomic E-state index is 12.4. The number of rotatable bonds is 6. The lowest BCUT2D eigenvalue weighted by Crippen LogP contribution is -2.67. The summed E-state index contributed by atoms with van der Waals surface area (Å²) in [6, 6.07) is 5.40. The number of fused-ring (bicyclic) bond motifs is 3. The van der Waals surface area contributed by atoms with Crippen molar-refractivity contribution in [3.63, 3.8) is 0 Å². The second-order valence-electron chi connectivity index (χ2n) is 10.8. The Kier molecular flexibility index (Phi) is 7.64. The van der Waals surface area contributed by atoms with Crippen molar-refractivity contribution >= 4 is 11.9 Å². The fourth-order valence-corrected chi connectivity index (χ4v) is 6.43. The number of aromatic hydroxyl groups is 1. The summed E-state index contributed by atoms with van der Waals surface area (Å²) in [4.78, 5) is 24.6. The Bertz CT molecular complexity index is 1250. The van der Waals surface area contributed by atoms with Crippen molar-refractivity contribution in [3.8, 4) is 5.75 Å². The zero-order valence-electron chi connectivity index (χ0n) is 22.2. The van der Waals surface area contributed by atoms with Crippen molar-refractivity contribution in [2.24, 2.45) is 11.8 Å². The average molecular weight is 559 g/mol. The van der Waals surface area contributed by atoms with E-state index in [-0.39, 0.29) is 29.8 Å². The van der Waals surface area contributed by atoms with Crippen LogP contribution < -0.4 is 0 Å². The fourth-order valence-electron chi connectivity index (χ4n) is 6.43. The van der Waals surface area contributed by atoms with E-state index in [4.69, 9.17) is 18.9 Å². The Morgan fingerprint density at radius 3 is 2.52 bits per heavy atom. The van der Waals surface area contributed by atoms with Gasteiger partial charge in [-0.25, -0.2) is 4.79 Å². The highest BCUT2D eigenvalue weighted by Crippen LogP contribution is 2.49. The molecule has 11 heteroatoms. The number of hydrogen-bond donors (Lipinski definition) is 5. The van der Waals surface area contributed by atoms with E-state index in [2.05, 4.69) is 6.58 Å². The van der Waals surface area contributed by atoms with Crippen LogP contribution in [0.4, 0.5) is 0 Å². The number of aliphatic hydroxyl groups excluding tert-OH is 4. The van der Waals surface area contributed by atoms with Crippen molar-refractivity contribution in [2.75, 3.05) is 13.2 Å². The van der Waals surface area contributed by atoms with Crippen molar-refractivity contribution in [1.29, 1.82) is 0 Å². The molecule has 4 aliphatic rings. The van der Waals surface area contributed by atoms with Gasteiger partial charge in [0, 0.05) is 29.9 Å². The van der Waals surface area contributed by atoms with Crippen molar-refractivity contribution < 1.29 is 54.1 Å². The quantitative estimate of drug-likeness (QED) is 0.189. The molecule has 0 saturated carbocycles. The van der Waals surface area contributed by atoms with Crippen molar-refractivity contribution in [1.82, 2.24) is 0 Å². The third kappa shape index (κ3) is 4.56. The van der Waals surface area contributed by atoms with E-state index in [1.54, 1.807) is 0 Å². The second kappa shape index (κ2) is 10.7. The Morgan fingerprint density at radius 1 is 1.18 bits per heavy atom. The molecule has 0 aromatic heterocycles. The number of aliphatic hydroxyl groups is 4. The van der Waals surface area contributed by atoms with E-state index < -0.39 is 61.0 Å². The second-order valence-corrected chi connectivity index (χ2v) is 10.8. The highest BCUT2D eigenvalue weighted by molar-refractivity contribution is 5.91. The lowest BCUT2D eigenvalue weighted by molar-refractivity contribution is -0.337. The smallest absolute Gasteiger partial charge is 0.334 e. The molecule has 2 heterocycles. The van der Waals surface area contributed by atoms with Crippen molar-refractivity contribution in [2.45, 2.75) is 69.1 Å². The van der Waals surface area contributed by atoms with Gasteiger partial charge in [-0.2, -0.15) is 0 Å². The highest BCUT2D eigenvalue weighted by Gasteiger charge is 2.60. The molecule has 2 aliphatic carbocycles. The summed E-state index contributed by atoms with van der Waals surface area (Å²) in [6.45, 7) is 6.08. The molecule has 0 amide bonds. The minimum Gasteiger partial charge on any atom is -0.508 e. The van der Waals surface area contributed by atoms with Crippen LogP contribution in [0.2, 0.25) is 0 Å². The lowest BCUT2D eigenvalue weighted by atomic mass is 9.78. The molecule has 40 heavy (non-hydrogen) atoms. The van der Waals surface area contributed by atoms with Gasteiger partial charge in [-0.05, 0) is 43.0 Å². The zero-order valence-corrected chi connectivity index (χ0v) is 22.2. The van der Waals surface area contributed by atoms with E-state index in [1.807, 2.05) is 13.0 Å². The van der Waals surface area contributed by atoms with E-state index >= 15 is 0 Å². The normalized spacial score (nSPS) is 37.4. The number of ether oxygens (including phenoxy) is 4. The maximum Gasteiger partial charge on any atom is 0.334 e. The first-order valence-corrected chi connectivity index (χ1v) is 13.2. The minimum atomic E-state index is -2.09. The molecular formula is C29H34O11. The van der Waals surface area contributed by atoms with Crippen LogP contribution in [0.3, 0.4) is 0 Å². The maximum absolute atomic E-state index is 12.4. The minimum absolute atomic E-state index is 0.0845. The number of carbonyl (C=O) groups excluding carboxylic acids is 2. The summed E-state index contributed by atoms with van der Waals surface area (Å²) < 4.78 is 23.0. The first kappa shape index (κ1) is 28.5. The van der Waals surface area contributed by atoms with Gasteiger partial charge in [-0.1, -0.05) is 30.4 Å². The molecule has 5 rings (SSSR count). The summed E-state index contributed by atoms with van der Waals surface area (Å²) in [6.07, 6.45) is -4.77. The molecule has 2 saturated heterocycles. The van der Waals surface area contributed by atoms with E-state index in [9.17, 15) is 35.1 Å². The number of allylic oxidation sites excluding steroid dienone is 1. The molecule has 9 atom stereocenters. The molecular weight excluding hydrogens is 524 g/mol. The van der Waals surface area contributed by atoms with Crippen LogP contribution in [-0.4, -0.2) is 87.5 Å². The van der Waals surface area contributed by atoms with Crippen LogP contribution in [0.15, 0.2) is 59.2 Å². The predicted molar refractivity (Wildman–Crippen MR) is 137 cm³/mol. The van der Waals surface area contributed by atoms with Crippen LogP contribution in [0.5, 0.6) is 5.75 Å². The fraction of sp³-hybridized carbons (Fsp3) is 0.517. The number of esters is 2. The molecule has 5 N–H and O–H groups in total. The summed E-state index contributed by atoms with van der Waals surface area (Å²) in [5.41, 5.74) is 0.857. The van der Waals surface area contributed by atoms with Crippen LogP contribution >= 0.6 is 0 Å². The summed E-state index contributed by atoms with van der Waals surface area (Å²) in [5, 5.41) is 53.2. The van der Waals surface area contributed by atoms with Gasteiger partial charge < -0.3 is 44.5 Å². The van der Waals surface area contributed by atoms with Crippen molar-refractivity contribution in [3.05, 3.63) is 64.8 Å². The molecule has 2 aliphatic heterocycles. The molecule has 11 nitrogen and oxygen atoms in total. The van der Waals surface area contributed by atoms with Crippen LogP contribution in [0.25, 0.3) is 0 Å². The first-order valence-electron chi connectivity index (χ1n) is 13.2. The summed E-state index contributed by atoms with van der Waals surface area (Å²) >= 11 is 0. The van der Waals surface area contributed by atoms with Crippen LogP contribution in [0.1, 0.15) is 32.3 Å². The summed E-state index contributed by atoms with van der Waals surface area (Å²) in [5.74, 6) is -2.14. The monoisotopic (exact) mass is 558 g/mol. The van der Waals surface area contributed by atoms with Gasteiger partial charge in [0.05, 0.1) is 19.3 Å².